The van der Waals surface area contributed by atoms with E-state index < -0.39 is 0 Å². The second kappa shape index (κ2) is 4.76. The number of nitrogens with one attached hydrogen (secondary N) is 1. The zero-order valence-corrected chi connectivity index (χ0v) is 12.0. The highest BCUT2D eigenvalue weighted by Gasteiger charge is 2.43. The van der Waals surface area contributed by atoms with Gasteiger partial charge in [0.2, 0.25) is 0 Å². The van der Waals surface area contributed by atoms with Crippen molar-refractivity contribution in [1.82, 2.24) is 19.7 Å². The third-order valence-corrected chi connectivity index (χ3v) is 4.59. The lowest BCUT2D eigenvalue weighted by Gasteiger charge is -2.16. The molecule has 0 spiro atoms. The van der Waals surface area contributed by atoms with Gasteiger partial charge in [-0.25, -0.2) is 0 Å². The minimum atomic E-state index is 0.0543. The summed E-state index contributed by atoms with van der Waals surface area (Å²) in [5.74, 6) is 0.0543. The van der Waals surface area contributed by atoms with Crippen LogP contribution < -0.4 is 5.32 Å². The van der Waals surface area contributed by atoms with Gasteiger partial charge in [0, 0.05) is 43.1 Å². The minimum Gasteiger partial charge on any atom is -0.350 e. The van der Waals surface area contributed by atoms with Crippen LogP contribution in [0.1, 0.15) is 42.2 Å². The fraction of sp³-hybridized carbons (Fsp3) is 0.500. The molecule has 0 bridgehead atoms. The van der Waals surface area contributed by atoms with Crippen LogP contribution in [-0.4, -0.2) is 26.8 Å². The number of rotatable bonds is 6. The van der Waals surface area contributed by atoms with E-state index >= 15 is 0 Å². The molecule has 0 atom stereocenters. The second-order valence-electron chi connectivity index (χ2n) is 6.42. The van der Waals surface area contributed by atoms with Crippen molar-refractivity contribution in [2.24, 2.45) is 5.41 Å². The molecule has 2 aliphatic carbocycles. The number of aromatic nitrogens is 3. The van der Waals surface area contributed by atoms with Crippen molar-refractivity contribution >= 4 is 5.91 Å². The van der Waals surface area contributed by atoms with Gasteiger partial charge in [0.25, 0.3) is 5.91 Å². The molecule has 5 heteroatoms. The van der Waals surface area contributed by atoms with Gasteiger partial charge >= 0.3 is 0 Å². The molecule has 2 aromatic rings. The van der Waals surface area contributed by atoms with E-state index in [4.69, 9.17) is 0 Å². The predicted molar refractivity (Wildman–Crippen MR) is 78.9 cm³/mol. The van der Waals surface area contributed by atoms with Gasteiger partial charge in [0.05, 0.1) is 0 Å². The van der Waals surface area contributed by atoms with Gasteiger partial charge in [-0.1, -0.05) is 0 Å². The number of hydrogen-bond donors (Lipinski definition) is 1. The Bertz CT molecular complexity index is 635. The Labute approximate surface area is 123 Å². The summed E-state index contributed by atoms with van der Waals surface area (Å²) in [6.45, 7) is 1.63. The molecule has 21 heavy (non-hydrogen) atoms. The molecule has 4 rings (SSSR count). The standard InChI is InChI=1S/C16H20N4O/c21-15(14-3-1-10-20(14)13-4-5-13)17-11-16(6-7-16)12-19-9-2-8-18-19/h1-3,8-10,13H,4-7,11-12H2,(H,17,21). The lowest BCUT2D eigenvalue weighted by molar-refractivity contribution is 0.0933. The number of carbonyl (C=O) groups excluding carboxylic acids is 1. The summed E-state index contributed by atoms with van der Waals surface area (Å²) in [6, 6.07) is 6.36. The molecule has 5 nitrogen and oxygen atoms in total. The van der Waals surface area contributed by atoms with Crippen LogP contribution in [0, 0.1) is 5.41 Å². The van der Waals surface area contributed by atoms with Crippen molar-refractivity contribution in [2.75, 3.05) is 6.54 Å². The Hall–Kier alpha value is -2.04. The highest BCUT2D eigenvalue weighted by molar-refractivity contribution is 5.92. The van der Waals surface area contributed by atoms with Crippen LogP contribution in [0.5, 0.6) is 0 Å². The SMILES string of the molecule is O=C(NCC1(Cn2cccn2)CC1)c1cccn1C1CC1. The summed E-state index contributed by atoms with van der Waals surface area (Å²) < 4.78 is 4.08. The average Bonchev–Trinajstić information content (AvgIpc) is 3.36. The maximum atomic E-state index is 12.4. The van der Waals surface area contributed by atoms with Gasteiger partial charge in [-0.15, -0.1) is 0 Å². The Morgan fingerprint density at radius 2 is 2.19 bits per heavy atom. The van der Waals surface area contributed by atoms with Crippen molar-refractivity contribution in [3.05, 3.63) is 42.5 Å². The molecule has 0 aliphatic heterocycles. The van der Waals surface area contributed by atoms with E-state index in [9.17, 15) is 4.79 Å². The topological polar surface area (TPSA) is 51.9 Å². The molecule has 2 aromatic heterocycles. The highest BCUT2D eigenvalue weighted by Crippen LogP contribution is 2.46. The van der Waals surface area contributed by atoms with Crippen LogP contribution >= 0.6 is 0 Å². The van der Waals surface area contributed by atoms with Crippen molar-refractivity contribution < 1.29 is 4.79 Å². The molecule has 0 saturated heterocycles. The van der Waals surface area contributed by atoms with Gasteiger partial charge < -0.3 is 9.88 Å². The fourth-order valence-corrected chi connectivity index (χ4v) is 2.92. The summed E-state index contributed by atoms with van der Waals surface area (Å²) in [5.41, 5.74) is 1.01. The number of carbonyl (C=O) groups is 1. The minimum absolute atomic E-state index is 0.0543. The van der Waals surface area contributed by atoms with E-state index in [1.807, 2.05) is 35.3 Å². The van der Waals surface area contributed by atoms with Crippen molar-refractivity contribution in [1.29, 1.82) is 0 Å². The largest absolute Gasteiger partial charge is 0.350 e. The monoisotopic (exact) mass is 284 g/mol. The molecular weight excluding hydrogens is 264 g/mol. The molecular formula is C16H20N4O. The van der Waals surface area contributed by atoms with Crippen LogP contribution in [0.2, 0.25) is 0 Å². The molecule has 2 fully saturated rings. The lowest BCUT2D eigenvalue weighted by atomic mass is 10.1. The molecule has 2 saturated carbocycles. The van der Waals surface area contributed by atoms with Crippen LogP contribution in [-0.2, 0) is 6.54 Å². The Morgan fingerprint density at radius 1 is 1.33 bits per heavy atom. The summed E-state index contributed by atoms with van der Waals surface area (Å²) in [7, 11) is 0. The first-order valence-corrected chi connectivity index (χ1v) is 7.68. The third kappa shape index (κ3) is 2.60. The quantitative estimate of drug-likeness (QED) is 0.884. The van der Waals surface area contributed by atoms with Gasteiger partial charge in [0.1, 0.15) is 5.69 Å². The third-order valence-electron chi connectivity index (χ3n) is 4.59. The van der Waals surface area contributed by atoms with Crippen molar-refractivity contribution in [3.63, 3.8) is 0 Å². The smallest absolute Gasteiger partial charge is 0.267 e. The summed E-state index contributed by atoms with van der Waals surface area (Å²) in [4.78, 5) is 12.4. The summed E-state index contributed by atoms with van der Waals surface area (Å²) in [6.07, 6.45) is 10.5. The average molecular weight is 284 g/mol. The van der Waals surface area contributed by atoms with E-state index in [1.165, 1.54) is 12.8 Å². The molecule has 2 heterocycles. The maximum Gasteiger partial charge on any atom is 0.267 e. The molecule has 0 unspecified atom stereocenters. The summed E-state index contributed by atoms with van der Waals surface area (Å²) >= 11 is 0. The first-order valence-electron chi connectivity index (χ1n) is 7.68. The Kier molecular flexibility index (Phi) is 2.87. The fourth-order valence-electron chi connectivity index (χ4n) is 2.92. The zero-order chi connectivity index (χ0) is 14.3. The number of hydrogen-bond acceptors (Lipinski definition) is 2. The lowest BCUT2D eigenvalue weighted by Crippen LogP contribution is -2.33. The van der Waals surface area contributed by atoms with Crippen LogP contribution in [0.15, 0.2) is 36.8 Å². The molecule has 1 N–H and O–H groups in total. The van der Waals surface area contributed by atoms with Gasteiger partial charge in [-0.05, 0) is 43.9 Å². The second-order valence-corrected chi connectivity index (χ2v) is 6.42. The predicted octanol–water partition coefficient (Wildman–Crippen LogP) is 2.23. The number of nitrogens with zero attached hydrogens (tertiary/aromatic N) is 3. The van der Waals surface area contributed by atoms with Gasteiger partial charge in [0.15, 0.2) is 0 Å². The van der Waals surface area contributed by atoms with Gasteiger partial charge in [-0.2, -0.15) is 5.10 Å². The first-order chi connectivity index (χ1) is 10.3. The van der Waals surface area contributed by atoms with Crippen LogP contribution in [0.25, 0.3) is 0 Å². The van der Waals surface area contributed by atoms with E-state index in [-0.39, 0.29) is 11.3 Å². The van der Waals surface area contributed by atoms with E-state index in [0.29, 0.717) is 6.04 Å². The maximum absolute atomic E-state index is 12.4. The molecule has 1 amide bonds. The molecule has 2 aliphatic rings. The Balaban J connectivity index is 1.38. The van der Waals surface area contributed by atoms with E-state index in [1.54, 1.807) is 6.20 Å². The molecule has 110 valence electrons. The normalized spacial score (nSPS) is 19.4. The zero-order valence-electron chi connectivity index (χ0n) is 12.0. The van der Waals surface area contributed by atoms with E-state index in [0.717, 1.165) is 31.6 Å². The van der Waals surface area contributed by atoms with Crippen molar-refractivity contribution in [3.8, 4) is 0 Å². The van der Waals surface area contributed by atoms with Crippen molar-refractivity contribution in [2.45, 2.75) is 38.3 Å². The summed E-state index contributed by atoms with van der Waals surface area (Å²) in [5, 5.41) is 7.39. The van der Waals surface area contributed by atoms with Crippen LogP contribution in [0.3, 0.4) is 0 Å². The van der Waals surface area contributed by atoms with Gasteiger partial charge in [-0.3, -0.25) is 9.48 Å². The highest BCUT2D eigenvalue weighted by atomic mass is 16.1. The number of amides is 1. The molecule has 0 radical (unpaired) electrons. The molecule has 0 aromatic carbocycles. The first kappa shape index (κ1) is 12.7. The Morgan fingerprint density at radius 3 is 2.86 bits per heavy atom. The van der Waals surface area contributed by atoms with E-state index in [2.05, 4.69) is 15.0 Å². The van der Waals surface area contributed by atoms with Crippen LogP contribution in [0.4, 0.5) is 0 Å².